The van der Waals surface area contributed by atoms with Gasteiger partial charge in [-0.25, -0.2) is 4.79 Å². The summed E-state index contributed by atoms with van der Waals surface area (Å²) in [6, 6.07) is 15.6. The number of rotatable bonds is 8. The minimum absolute atomic E-state index is 0.0726. The topological polar surface area (TPSA) is 73.9 Å². The molecule has 35 heavy (non-hydrogen) atoms. The number of ether oxygens (including phenoxy) is 3. The Bertz CT molecular complexity index is 1200. The largest absolute Gasteiger partial charge is 0.493 e. The summed E-state index contributed by atoms with van der Waals surface area (Å²) < 4.78 is 54.8. The molecule has 0 aliphatic heterocycles. The first-order chi connectivity index (χ1) is 16.6. The first kappa shape index (κ1) is 25.9. The normalized spacial score (nSPS) is 11.9. The standard InChI is InChI=1S/C25H21ClF3NO5/c1-15(23(31)30-20-5-3-4-18(13-20)25(27,28)29)35-24(32)17-8-11-21(22(12-17)33-2)34-14-16-6-9-19(26)10-7-16/h3-13,15H,14H2,1-2H3,(H,30,31)/t15-/m0/s1. The summed E-state index contributed by atoms with van der Waals surface area (Å²) in [5.41, 5.74) is -0.0121. The number of halogens is 4. The Morgan fingerprint density at radius 3 is 2.37 bits per heavy atom. The van der Waals surface area contributed by atoms with Crippen molar-refractivity contribution in [2.45, 2.75) is 25.8 Å². The van der Waals surface area contributed by atoms with Gasteiger partial charge in [0.25, 0.3) is 5.91 Å². The molecule has 0 bridgehead atoms. The summed E-state index contributed by atoms with van der Waals surface area (Å²) in [6.45, 7) is 1.55. The summed E-state index contributed by atoms with van der Waals surface area (Å²) >= 11 is 5.87. The van der Waals surface area contributed by atoms with Crippen LogP contribution >= 0.6 is 11.6 Å². The van der Waals surface area contributed by atoms with Crippen molar-refractivity contribution in [2.24, 2.45) is 0 Å². The third-order valence-electron chi connectivity index (χ3n) is 4.82. The fourth-order valence-corrected chi connectivity index (χ4v) is 3.08. The highest BCUT2D eigenvalue weighted by molar-refractivity contribution is 6.30. The Hall–Kier alpha value is -3.72. The molecule has 0 saturated carbocycles. The number of alkyl halides is 3. The molecule has 1 amide bonds. The van der Waals surface area contributed by atoms with E-state index in [0.717, 1.165) is 23.8 Å². The zero-order valence-electron chi connectivity index (χ0n) is 18.7. The first-order valence-electron chi connectivity index (χ1n) is 10.3. The number of nitrogens with one attached hydrogen (secondary N) is 1. The molecule has 10 heteroatoms. The monoisotopic (exact) mass is 507 g/mol. The van der Waals surface area contributed by atoms with Gasteiger partial charge in [0.15, 0.2) is 17.6 Å². The Kier molecular flexibility index (Phi) is 8.24. The molecule has 0 saturated heterocycles. The molecule has 0 aromatic heterocycles. The van der Waals surface area contributed by atoms with E-state index in [1.54, 1.807) is 12.1 Å². The smallest absolute Gasteiger partial charge is 0.416 e. The van der Waals surface area contributed by atoms with Gasteiger partial charge < -0.3 is 19.5 Å². The van der Waals surface area contributed by atoms with Crippen molar-refractivity contribution < 1.29 is 37.0 Å². The summed E-state index contributed by atoms with van der Waals surface area (Å²) in [7, 11) is 1.41. The predicted octanol–water partition coefficient (Wildman–Crippen LogP) is 6.13. The molecule has 0 aliphatic rings. The van der Waals surface area contributed by atoms with Crippen LogP contribution in [0, 0.1) is 0 Å². The van der Waals surface area contributed by atoms with Crippen LogP contribution in [0.5, 0.6) is 11.5 Å². The van der Waals surface area contributed by atoms with Crippen molar-refractivity contribution in [1.29, 1.82) is 0 Å². The Balaban J connectivity index is 1.62. The molecule has 0 heterocycles. The highest BCUT2D eigenvalue weighted by Crippen LogP contribution is 2.31. The van der Waals surface area contributed by atoms with E-state index in [0.29, 0.717) is 10.8 Å². The second-order valence-electron chi connectivity index (χ2n) is 7.40. The summed E-state index contributed by atoms with van der Waals surface area (Å²) in [5.74, 6) is -0.948. The lowest BCUT2D eigenvalue weighted by Gasteiger charge is -2.16. The van der Waals surface area contributed by atoms with Crippen LogP contribution in [0.15, 0.2) is 66.7 Å². The SMILES string of the molecule is COc1cc(C(=O)O[C@@H](C)C(=O)Nc2cccc(C(F)(F)F)c2)ccc1OCc1ccc(Cl)cc1. The second-order valence-corrected chi connectivity index (χ2v) is 7.83. The zero-order valence-corrected chi connectivity index (χ0v) is 19.4. The molecule has 3 aromatic rings. The average Bonchev–Trinajstić information content (AvgIpc) is 2.83. The first-order valence-corrected chi connectivity index (χ1v) is 10.7. The predicted molar refractivity (Wildman–Crippen MR) is 124 cm³/mol. The number of carbonyl (C=O) groups is 2. The molecular formula is C25H21ClF3NO5. The second kappa shape index (κ2) is 11.1. The third kappa shape index (κ3) is 7.13. The Morgan fingerprint density at radius 2 is 1.71 bits per heavy atom. The molecule has 0 radical (unpaired) electrons. The highest BCUT2D eigenvalue weighted by Gasteiger charge is 2.30. The molecule has 0 spiro atoms. The zero-order chi connectivity index (χ0) is 25.6. The van der Waals surface area contributed by atoms with Gasteiger partial charge in [0.05, 0.1) is 18.2 Å². The molecule has 0 fully saturated rings. The fraction of sp³-hybridized carbons (Fsp3) is 0.200. The van der Waals surface area contributed by atoms with E-state index >= 15 is 0 Å². The number of amides is 1. The molecular weight excluding hydrogens is 487 g/mol. The minimum Gasteiger partial charge on any atom is -0.493 e. The minimum atomic E-state index is -4.55. The molecule has 3 rings (SSSR count). The number of hydrogen-bond donors (Lipinski definition) is 1. The van der Waals surface area contributed by atoms with Gasteiger partial charge in [0, 0.05) is 10.7 Å². The van der Waals surface area contributed by atoms with E-state index in [1.807, 2.05) is 12.1 Å². The lowest BCUT2D eigenvalue weighted by Crippen LogP contribution is -2.30. The van der Waals surface area contributed by atoms with Crippen molar-refractivity contribution in [3.05, 3.63) is 88.4 Å². The van der Waals surface area contributed by atoms with Crippen molar-refractivity contribution in [3.63, 3.8) is 0 Å². The number of anilines is 1. The van der Waals surface area contributed by atoms with E-state index in [4.69, 9.17) is 25.8 Å². The van der Waals surface area contributed by atoms with Gasteiger partial charge in [-0.15, -0.1) is 0 Å². The van der Waals surface area contributed by atoms with Crippen molar-refractivity contribution in [2.75, 3.05) is 12.4 Å². The average molecular weight is 508 g/mol. The van der Waals surface area contributed by atoms with Crippen LogP contribution in [0.3, 0.4) is 0 Å². The molecule has 184 valence electrons. The van der Waals surface area contributed by atoms with Gasteiger partial charge in [0.1, 0.15) is 6.61 Å². The molecule has 0 unspecified atom stereocenters. The van der Waals surface area contributed by atoms with Gasteiger partial charge in [-0.05, 0) is 61.0 Å². The number of carbonyl (C=O) groups excluding carboxylic acids is 2. The molecule has 1 atom stereocenters. The maximum absolute atomic E-state index is 12.9. The van der Waals surface area contributed by atoms with E-state index < -0.39 is 29.7 Å². The number of esters is 1. The van der Waals surface area contributed by atoms with Crippen LogP contribution < -0.4 is 14.8 Å². The van der Waals surface area contributed by atoms with Gasteiger partial charge in [-0.2, -0.15) is 13.2 Å². The lowest BCUT2D eigenvalue weighted by molar-refractivity contribution is -0.137. The summed E-state index contributed by atoms with van der Waals surface area (Å²) in [4.78, 5) is 24.9. The number of methoxy groups -OCH3 is 1. The lowest BCUT2D eigenvalue weighted by atomic mass is 10.2. The quantitative estimate of drug-likeness (QED) is 0.371. The van der Waals surface area contributed by atoms with Gasteiger partial charge in [0.2, 0.25) is 0 Å². The third-order valence-corrected chi connectivity index (χ3v) is 5.07. The van der Waals surface area contributed by atoms with Crippen LogP contribution in [0.4, 0.5) is 18.9 Å². The van der Waals surface area contributed by atoms with E-state index in [9.17, 15) is 22.8 Å². The summed E-state index contributed by atoms with van der Waals surface area (Å²) in [5, 5.41) is 2.91. The van der Waals surface area contributed by atoms with Gasteiger partial charge in [-0.1, -0.05) is 29.8 Å². The van der Waals surface area contributed by atoms with E-state index in [1.165, 1.54) is 38.3 Å². The highest BCUT2D eigenvalue weighted by atomic mass is 35.5. The molecule has 1 N–H and O–H groups in total. The molecule has 6 nitrogen and oxygen atoms in total. The van der Waals surface area contributed by atoms with Gasteiger partial charge in [-0.3, -0.25) is 4.79 Å². The van der Waals surface area contributed by atoms with Crippen molar-refractivity contribution in [1.82, 2.24) is 0 Å². The number of hydrogen-bond acceptors (Lipinski definition) is 5. The van der Waals surface area contributed by atoms with E-state index in [-0.39, 0.29) is 23.6 Å². The van der Waals surface area contributed by atoms with Crippen LogP contribution in [-0.4, -0.2) is 25.1 Å². The Morgan fingerprint density at radius 1 is 1.00 bits per heavy atom. The van der Waals surface area contributed by atoms with Crippen LogP contribution in [0.25, 0.3) is 0 Å². The van der Waals surface area contributed by atoms with Crippen LogP contribution in [-0.2, 0) is 22.3 Å². The van der Waals surface area contributed by atoms with Crippen LogP contribution in [0.2, 0.25) is 5.02 Å². The molecule has 3 aromatic carbocycles. The summed E-state index contributed by atoms with van der Waals surface area (Å²) in [6.07, 6.45) is -5.83. The van der Waals surface area contributed by atoms with Crippen molar-refractivity contribution in [3.8, 4) is 11.5 Å². The fourth-order valence-electron chi connectivity index (χ4n) is 2.95. The van der Waals surface area contributed by atoms with Crippen LogP contribution in [0.1, 0.15) is 28.4 Å². The maximum atomic E-state index is 12.9. The molecule has 0 aliphatic carbocycles. The number of benzene rings is 3. The van der Waals surface area contributed by atoms with E-state index in [2.05, 4.69) is 5.32 Å². The van der Waals surface area contributed by atoms with Crippen molar-refractivity contribution >= 4 is 29.2 Å². The Labute approximate surface area is 204 Å². The van der Waals surface area contributed by atoms with Gasteiger partial charge >= 0.3 is 12.1 Å². The maximum Gasteiger partial charge on any atom is 0.416 e.